The first-order valence-corrected chi connectivity index (χ1v) is 6.22. The Labute approximate surface area is 122 Å². The van der Waals surface area contributed by atoms with Crippen molar-refractivity contribution in [3.05, 3.63) is 54.0 Å². The minimum Gasteiger partial charge on any atom is -0.322 e. The van der Waals surface area contributed by atoms with Crippen LogP contribution in [0.25, 0.3) is 10.9 Å². The van der Waals surface area contributed by atoms with Crippen LogP contribution in [-0.4, -0.2) is 21.1 Å². The lowest BCUT2D eigenvalue weighted by molar-refractivity contribution is -0.141. The van der Waals surface area contributed by atoms with Crippen molar-refractivity contribution in [2.45, 2.75) is 6.18 Å². The number of hydrogen-bond acceptors (Lipinski definition) is 3. The predicted octanol–water partition coefficient (Wildman–Crippen LogP) is 3.23. The Morgan fingerprint density at radius 2 is 2.05 bits per heavy atom. The number of pyridine rings is 1. The smallest absolute Gasteiger partial charge is 0.322 e. The fraction of sp³-hybridized carbons (Fsp3) is 0.0714. The zero-order valence-corrected chi connectivity index (χ0v) is 11.0. The fourth-order valence-electron chi connectivity index (χ4n) is 2.03. The summed E-state index contributed by atoms with van der Waals surface area (Å²) in [6.45, 7) is 0. The standard InChI is InChI=1S/C14H9F3N4O/c15-14(16,17)12-10(2-1-5-18-12)13(22)20-9-4-3-8-7-19-21-11(8)6-9/h1-7H,(H,19,21)(H,20,22). The number of amides is 1. The maximum atomic E-state index is 12.9. The van der Waals surface area contributed by atoms with Crippen LogP contribution in [0.4, 0.5) is 18.9 Å². The summed E-state index contributed by atoms with van der Waals surface area (Å²) in [4.78, 5) is 15.3. The molecule has 0 aliphatic heterocycles. The number of carbonyl (C=O) groups is 1. The van der Waals surface area contributed by atoms with E-state index in [0.29, 0.717) is 11.2 Å². The van der Waals surface area contributed by atoms with Gasteiger partial charge in [-0.25, -0.2) is 0 Å². The summed E-state index contributed by atoms with van der Waals surface area (Å²) in [6.07, 6.45) is -2.10. The molecule has 2 heterocycles. The highest BCUT2D eigenvalue weighted by Gasteiger charge is 2.36. The molecule has 0 spiro atoms. The minimum atomic E-state index is -4.69. The second-order valence-electron chi connectivity index (χ2n) is 4.52. The Bertz CT molecular complexity index is 841. The fourth-order valence-corrected chi connectivity index (χ4v) is 2.03. The van der Waals surface area contributed by atoms with E-state index in [1.54, 1.807) is 24.4 Å². The average Bonchev–Trinajstić information content (AvgIpc) is 2.94. The molecule has 2 aromatic heterocycles. The summed E-state index contributed by atoms with van der Waals surface area (Å²) in [5.41, 5.74) is -0.714. The first-order chi connectivity index (χ1) is 10.4. The van der Waals surface area contributed by atoms with Crippen LogP contribution < -0.4 is 5.32 Å². The molecule has 0 fully saturated rings. The molecule has 0 saturated heterocycles. The molecule has 5 nitrogen and oxygen atoms in total. The maximum absolute atomic E-state index is 12.9. The molecule has 2 N–H and O–H groups in total. The zero-order chi connectivity index (χ0) is 15.7. The maximum Gasteiger partial charge on any atom is 0.434 e. The van der Waals surface area contributed by atoms with Crippen molar-refractivity contribution < 1.29 is 18.0 Å². The number of nitrogens with one attached hydrogen (secondary N) is 2. The molecule has 0 aliphatic carbocycles. The average molecular weight is 306 g/mol. The van der Waals surface area contributed by atoms with Gasteiger partial charge >= 0.3 is 6.18 Å². The molecule has 0 saturated carbocycles. The largest absolute Gasteiger partial charge is 0.434 e. The number of H-pyrrole nitrogens is 1. The van der Waals surface area contributed by atoms with Crippen molar-refractivity contribution in [2.24, 2.45) is 0 Å². The summed E-state index contributed by atoms with van der Waals surface area (Å²) < 4.78 is 38.6. The molecule has 1 amide bonds. The van der Waals surface area contributed by atoms with Crippen LogP contribution in [-0.2, 0) is 6.18 Å². The summed E-state index contributed by atoms with van der Waals surface area (Å²) in [6, 6.07) is 7.23. The first-order valence-electron chi connectivity index (χ1n) is 6.22. The summed E-state index contributed by atoms with van der Waals surface area (Å²) in [5, 5.41) is 9.80. The van der Waals surface area contributed by atoms with Crippen molar-refractivity contribution in [1.29, 1.82) is 0 Å². The molecule has 0 unspecified atom stereocenters. The minimum absolute atomic E-state index is 0.360. The predicted molar refractivity (Wildman–Crippen MR) is 73.3 cm³/mol. The van der Waals surface area contributed by atoms with Crippen LogP contribution in [0.1, 0.15) is 16.1 Å². The van der Waals surface area contributed by atoms with E-state index in [-0.39, 0.29) is 0 Å². The highest BCUT2D eigenvalue weighted by atomic mass is 19.4. The summed E-state index contributed by atoms with van der Waals surface area (Å²) >= 11 is 0. The number of aromatic amines is 1. The topological polar surface area (TPSA) is 70.7 Å². The van der Waals surface area contributed by atoms with Crippen LogP contribution >= 0.6 is 0 Å². The Kier molecular flexibility index (Phi) is 3.28. The van der Waals surface area contributed by atoms with Gasteiger partial charge in [-0.2, -0.15) is 18.3 Å². The third-order valence-corrected chi connectivity index (χ3v) is 3.02. The van der Waals surface area contributed by atoms with Gasteiger partial charge in [0.05, 0.1) is 17.3 Å². The quantitative estimate of drug-likeness (QED) is 0.763. The van der Waals surface area contributed by atoms with E-state index >= 15 is 0 Å². The van der Waals surface area contributed by atoms with Crippen molar-refractivity contribution in [3.63, 3.8) is 0 Å². The van der Waals surface area contributed by atoms with Crippen LogP contribution in [0.5, 0.6) is 0 Å². The summed E-state index contributed by atoms with van der Waals surface area (Å²) in [7, 11) is 0. The molecule has 0 atom stereocenters. The van der Waals surface area contributed by atoms with Gasteiger partial charge in [0.25, 0.3) is 5.91 Å². The van der Waals surface area contributed by atoms with E-state index in [4.69, 9.17) is 0 Å². The van der Waals surface area contributed by atoms with E-state index in [2.05, 4.69) is 20.5 Å². The molecule has 1 aromatic carbocycles. The Hall–Kier alpha value is -2.90. The molecule has 0 radical (unpaired) electrons. The molecule has 3 aromatic rings. The van der Waals surface area contributed by atoms with Crippen LogP contribution in [0.2, 0.25) is 0 Å². The number of carbonyl (C=O) groups excluding carboxylic acids is 1. The monoisotopic (exact) mass is 306 g/mol. The highest BCUT2D eigenvalue weighted by Crippen LogP contribution is 2.30. The van der Waals surface area contributed by atoms with Crippen LogP contribution in [0, 0.1) is 0 Å². The highest BCUT2D eigenvalue weighted by molar-refractivity contribution is 6.05. The molecule has 22 heavy (non-hydrogen) atoms. The number of anilines is 1. The zero-order valence-electron chi connectivity index (χ0n) is 11.0. The number of aromatic nitrogens is 3. The van der Waals surface area contributed by atoms with Gasteiger partial charge < -0.3 is 5.32 Å². The Morgan fingerprint density at radius 3 is 2.82 bits per heavy atom. The molecule has 0 bridgehead atoms. The van der Waals surface area contributed by atoms with E-state index in [1.165, 1.54) is 6.07 Å². The number of rotatable bonds is 2. The SMILES string of the molecule is O=C(Nc1ccc2cn[nH]c2c1)c1cccnc1C(F)(F)F. The van der Waals surface area contributed by atoms with Gasteiger partial charge in [0.1, 0.15) is 0 Å². The van der Waals surface area contributed by atoms with Gasteiger partial charge in [-0.15, -0.1) is 0 Å². The van der Waals surface area contributed by atoms with Crippen molar-refractivity contribution in [2.75, 3.05) is 5.32 Å². The second kappa shape index (κ2) is 5.14. The third kappa shape index (κ3) is 2.62. The Morgan fingerprint density at radius 1 is 1.23 bits per heavy atom. The second-order valence-corrected chi connectivity index (χ2v) is 4.52. The molecular weight excluding hydrogens is 297 g/mol. The van der Waals surface area contributed by atoms with Crippen LogP contribution in [0.3, 0.4) is 0 Å². The van der Waals surface area contributed by atoms with Gasteiger partial charge in [-0.05, 0) is 30.3 Å². The molecular formula is C14H9F3N4O. The molecule has 8 heteroatoms. The molecule has 112 valence electrons. The van der Waals surface area contributed by atoms with E-state index in [0.717, 1.165) is 17.6 Å². The van der Waals surface area contributed by atoms with E-state index < -0.39 is 23.3 Å². The number of benzene rings is 1. The lowest BCUT2D eigenvalue weighted by atomic mass is 10.1. The van der Waals surface area contributed by atoms with Crippen molar-refractivity contribution >= 4 is 22.5 Å². The van der Waals surface area contributed by atoms with Gasteiger partial charge in [0.2, 0.25) is 0 Å². The number of alkyl halides is 3. The van der Waals surface area contributed by atoms with Gasteiger partial charge in [-0.1, -0.05) is 0 Å². The van der Waals surface area contributed by atoms with E-state index in [9.17, 15) is 18.0 Å². The van der Waals surface area contributed by atoms with Crippen molar-refractivity contribution in [3.8, 4) is 0 Å². The van der Waals surface area contributed by atoms with Gasteiger partial charge in [-0.3, -0.25) is 14.9 Å². The molecule has 0 aliphatic rings. The number of fused-ring (bicyclic) bond motifs is 1. The molecule has 3 rings (SSSR count). The van der Waals surface area contributed by atoms with Crippen LogP contribution in [0.15, 0.2) is 42.7 Å². The number of hydrogen-bond donors (Lipinski definition) is 2. The third-order valence-electron chi connectivity index (χ3n) is 3.02. The van der Waals surface area contributed by atoms with Crippen molar-refractivity contribution in [1.82, 2.24) is 15.2 Å². The number of halogens is 3. The van der Waals surface area contributed by atoms with Gasteiger partial charge in [0.15, 0.2) is 5.69 Å². The lowest BCUT2D eigenvalue weighted by Crippen LogP contribution is -2.20. The van der Waals surface area contributed by atoms with Gasteiger partial charge in [0, 0.05) is 17.3 Å². The summed E-state index contributed by atoms with van der Waals surface area (Å²) in [5.74, 6) is -0.876. The normalized spacial score (nSPS) is 11.6. The Balaban J connectivity index is 1.91. The number of nitrogens with zero attached hydrogens (tertiary/aromatic N) is 2. The van der Waals surface area contributed by atoms with E-state index in [1.807, 2.05) is 0 Å². The first kappa shape index (κ1) is 14.1. The lowest BCUT2D eigenvalue weighted by Gasteiger charge is -2.11.